The van der Waals surface area contributed by atoms with Gasteiger partial charge >= 0.3 is 5.97 Å². The molecule has 0 saturated carbocycles. The Labute approximate surface area is 468 Å². The summed E-state index contributed by atoms with van der Waals surface area (Å²) in [6, 6.07) is 2.87. The van der Waals surface area contributed by atoms with Crippen LogP contribution in [0.2, 0.25) is 0 Å². The molecule has 1 aliphatic heterocycles. The Hall–Kier alpha value is -8.59. The van der Waals surface area contributed by atoms with Gasteiger partial charge in [-0.25, -0.2) is 9.78 Å². The summed E-state index contributed by atoms with van der Waals surface area (Å²) < 4.78 is 0. The van der Waals surface area contributed by atoms with Gasteiger partial charge in [-0.3, -0.25) is 48.2 Å². The van der Waals surface area contributed by atoms with Gasteiger partial charge < -0.3 is 79.3 Å². The molecular weight excluding hydrogens is 1050 g/mol. The summed E-state index contributed by atoms with van der Waals surface area (Å²) in [4.78, 5) is 141. The number of carboxylic acids is 1. The van der Waals surface area contributed by atoms with Gasteiger partial charge in [0, 0.05) is 61.3 Å². The first-order valence-electron chi connectivity index (χ1n) is 27.0. The summed E-state index contributed by atoms with van der Waals surface area (Å²) in [7, 11) is 0. The van der Waals surface area contributed by atoms with E-state index < -0.39 is 108 Å². The molecule has 0 aliphatic carbocycles. The maximum absolute atomic E-state index is 14.9. The number of para-hydroxylation sites is 1. The lowest BCUT2D eigenvalue weighted by atomic mass is 10.00. The zero-order valence-electron chi connectivity index (χ0n) is 46.0. The first kappa shape index (κ1) is 63.2. The van der Waals surface area contributed by atoms with E-state index >= 15 is 0 Å². The molecule has 27 nitrogen and oxygen atoms in total. The maximum atomic E-state index is 14.9. The van der Waals surface area contributed by atoms with Crippen LogP contribution < -0.4 is 54.0 Å². The average molecular weight is 1130 g/mol. The first-order valence-corrected chi connectivity index (χ1v) is 27.0. The number of benzene rings is 2. The first-order chi connectivity index (χ1) is 38.7. The van der Waals surface area contributed by atoms with Crippen molar-refractivity contribution in [3.8, 4) is 5.75 Å². The molecule has 27 heteroatoms. The second kappa shape index (κ2) is 30.7. The number of unbranched alkanes of at least 4 members (excludes halogenated alkanes) is 1. The van der Waals surface area contributed by atoms with Crippen molar-refractivity contribution in [1.29, 1.82) is 0 Å². The van der Waals surface area contributed by atoms with E-state index in [2.05, 4.69) is 51.8 Å². The van der Waals surface area contributed by atoms with Gasteiger partial charge in [-0.05, 0) is 88.1 Å². The predicted molar refractivity (Wildman–Crippen MR) is 298 cm³/mol. The predicted octanol–water partition coefficient (Wildman–Crippen LogP) is -0.971. The normalized spacial score (nSPS) is 15.7. The lowest BCUT2D eigenvalue weighted by Gasteiger charge is -2.32. The van der Waals surface area contributed by atoms with Crippen molar-refractivity contribution >= 4 is 75.8 Å². The largest absolute Gasteiger partial charge is 0.508 e. The van der Waals surface area contributed by atoms with Crippen molar-refractivity contribution in [2.24, 2.45) is 28.1 Å². The summed E-state index contributed by atoms with van der Waals surface area (Å²) in [5.74, 6) is -8.08. The molecule has 0 radical (unpaired) electrons. The van der Waals surface area contributed by atoms with Crippen LogP contribution in [0.1, 0.15) is 90.3 Å². The fourth-order valence-corrected chi connectivity index (χ4v) is 9.36. The summed E-state index contributed by atoms with van der Waals surface area (Å²) >= 11 is 0. The Morgan fingerprint density at radius 2 is 1.47 bits per heavy atom. The number of carbonyl (C=O) groups is 9. The number of imidazole rings is 1. The second-order valence-electron chi connectivity index (χ2n) is 20.2. The zero-order chi connectivity index (χ0) is 59.3. The third-order valence-electron chi connectivity index (χ3n) is 13.8. The highest BCUT2D eigenvalue weighted by Crippen LogP contribution is 2.30. The number of aromatic hydroxyl groups is 1. The lowest BCUT2D eigenvalue weighted by molar-refractivity contribution is -0.145. The molecule has 2 aromatic heterocycles. The summed E-state index contributed by atoms with van der Waals surface area (Å²) in [6.07, 6.45) is 5.96. The molecule has 81 heavy (non-hydrogen) atoms. The van der Waals surface area contributed by atoms with Gasteiger partial charge in [-0.2, -0.15) is 0 Å². The number of hydrogen-bond acceptors (Lipinski definition) is 14. The minimum Gasteiger partial charge on any atom is -0.508 e. The van der Waals surface area contributed by atoms with Gasteiger partial charge in [-0.1, -0.05) is 51.1 Å². The topological polar surface area (TPSA) is 428 Å². The zero-order valence-corrected chi connectivity index (χ0v) is 46.0. The number of aliphatic carboxylic acids is 1. The van der Waals surface area contributed by atoms with E-state index in [1.807, 2.05) is 18.2 Å². The van der Waals surface area contributed by atoms with Crippen molar-refractivity contribution in [1.82, 2.24) is 51.8 Å². The SMILES string of the molecule is CCC(=O)N(c1c[nH]c2ccccc12)[C@@H](Cc1ccc(O)cc1)C(=O)N[C@@H](CCCCN)C(=O)N[C@@H](Cc1cnc[nH]1)C(=O)N[C@H](C(=O)N[C@@H](C)C(=O)N[C@@H](CO)C(=O)N1CCC[C@H]1C(=O)N[C@@H](CCCN=C(N)N)C(=O)O)C(C)C. The second-order valence-corrected chi connectivity index (χ2v) is 20.2. The molecule has 8 atom stereocenters. The van der Waals surface area contributed by atoms with E-state index in [0.29, 0.717) is 47.1 Å². The molecule has 4 aromatic rings. The van der Waals surface area contributed by atoms with Crippen molar-refractivity contribution in [2.45, 2.75) is 140 Å². The van der Waals surface area contributed by atoms with E-state index in [0.717, 1.165) is 4.90 Å². The Morgan fingerprint density at radius 3 is 2.11 bits per heavy atom. The molecular formula is C54H77N15O12. The molecule has 8 amide bonds. The molecule has 1 saturated heterocycles. The van der Waals surface area contributed by atoms with E-state index in [1.165, 1.54) is 36.5 Å². The van der Waals surface area contributed by atoms with Crippen LogP contribution in [0.5, 0.6) is 5.75 Å². The number of anilines is 1. The molecule has 0 spiro atoms. The number of guanidine groups is 1. The van der Waals surface area contributed by atoms with Gasteiger partial charge in [0.15, 0.2) is 5.96 Å². The highest BCUT2D eigenvalue weighted by molar-refractivity contribution is 6.08. The van der Waals surface area contributed by atoms with Crippen LogP contribution in [0.3, 0.4) is 0 Å². The number of aromatic amines is 2. The van der Waals surface area contributed by atoms with Crippen molar-refractivity contribution < 1.29 is 58.5 Å². The molecule has 1 fully saturated rings. The van der Waals surface area contributed by atoms with E-state index in [4.69, 9.17) is 17.2 Å². The Kier molecular flexibility index (Phi) is 24.0. The van der Waals surface area contributed by atoms with Crippen LogP contribution in [-0.2, 0) is 56.0 Å². The van der Waals surface area contributed by atoms with E-state index in [-0.39, 0.29) is 82.2 Å². The van der Waals surface area contributed by atoms with Gasteiger partial charge in [0.05, 0.1) is 18.6 Å². The van der Waals surface area contributed by atoms with E-state index in [1.54, 1.807) is 45.2 Å². The van der Waals surface area contributed by atoms with Crippen molar-refractivity contribution in [3.63, 3.8) is 0 Å². The number of nitrogens with zero attached hydrogens (tertiary/aromatic N) is 4. The number of phenols is 1. The molecule has 0 unspecified atom stereocenters. The highest BCUT2D eigenvalue weighted by Gasteiger charge is 2.40. The van der Waals surface area contributed by atoms with Crippen LogP contribution in [0.15, 0.2) is 72.2 Å². The number of rotatable bonds is 31. The van der Waals surface area contributed by atoms with Crippen LogP contribution in [0, 0.1) is 5.92 Å². The number of hydrogen-bond donors (Lipinski definition) is 14. The number of carboxylic acid groups (broad SMARTS) is 1. The molecule has 5 rings (SSSR count). The van der Waals surface area contributed by atoms with Crippen LogP contribution in [0.4, 0.5) is 5.69 Å². The van der Waals surface area contributed by atoms with Crippen molar-refractivity contribution in [3.05, 3.63) is 78.5 Å². The van der Waals surface area contributed by atoms with Crippen LogP contribution in [-0.4, -0.2) is 169 Å². The number of aliphatic imine (C=N–C) groups is 1. The average Bonchev–Trinajstić information content (AvgIpc) is 4.25. The monoisotopic (exact) mass is 1130 g/mol. The fraction of sp³-hybridized carbons (Fsp3) is 0.500. The smallest absolute Gasteiger partial charge is 0.326 e. The number of nitrogens with one attached hydrogen (secondary N) is 8. The Balaban J connectivity index is 1.31. The molecule has 17 N–H and O–H groups in total. The summed E-state index contributed by atoms with van der Waals surface area (Å²) in [6.45, 7) is 5.81. The summed E-state index contributed by atoms with van der Waals surface area (Å²) in [5, 5.41) is 46.5. The number of nitrogens with two attached hydrogens (primary N) is 3. The highest BCUT2D eigenvalue weighted by atomic mass is 16.4. The van der Waals surface area contributed by atoms with Crippen molar-refractivity contribution in [2.75, 3.05) is 31.1 Å². The third-order valence-corrected chi connectivity index (χ3v) is 13.8. The standard InChI is InChI=1S/C54H77N15O12/c1-5-44(72)69(43-27-60-36-13-7-6-12-35(36)43)42(24-32-17-19-34(71)20-18-32)50(77)63-37(14-8-9-21-55)47(74)65-39(25-33-26-58-29-61-33)48(75)67-45(30(2)3)51(78)62-31(4)46(73)66-40(28-70)52(79)68-23-11-16-41(68)49(76)64-38(53(80)81)15-10-22-59-54(56)57/h6-7,12-13,17-20,26-27,29-31,37-42,45,60,70-71H,5,8-11,14-16,21-25,28,55H2,1-4H3,(H,58,61)(H,62,78)(H,63,77)(H,64,76)(H,65,74)(H,66,73)(H,67,75)(H,80,81)(H4,56,57,59)/t31-,37-,38-,39-,40-,41-,42-,45-/m0/s1. The number of aliphatic hydroxyl groups excluding tert-OH is 1. The van der Waals surface area contributed by atoms with Gasteiger partial charge in [0.25, 0.3) is 0 Å². The van der Waals surface area contributed by atoms with E-state index in [9.17, 15) is 58.5 Å². The minimum absolute atomic E-state index is 0.00660. The van der Waals surface area contributed by atoms with Crippen LogP contribution in [0.25, 0.3) is 10.9 Å². The quantitative estimate of drug-likeness (QED) is 0.0164. The van der Waals surface area contributed by atoms with Gasteiger partial charge in [-0.15, -0.1) is 0 Å². The Bertz CT molecular complexity index is 2820. The lowest BCUT2D eigenvalue weighted by Crippen LogP contribution is -2.61. The number of H-pyrrole nitrogens is 2. The fourth-order valence-electron chi connectivity index (χ4n) is 9.36. The van der Waals surface area contributed by atoms with Gasteiger partial charge in [0.2, 0.25) is 47.3 Å². The molecule has 2 aromatic carbocycles. The molecule has 3 heterocycles. The van der Waals surface area contributed by atoms with Gasteiger partial charge in [0.1, 0.15) is 54.1 Å². The number of carbonyl (C=O) groups excluding carboxylic acids is 8. The number of phenolic OH excluding ortho intramolecular Hbond substituents is 1. The number of aliphatic hydroxyl groups is 1. The Morgan fingerprint density at radius 1 is 0.790 bits per heavy atom. The maximum Gasteiger partial charge on any atom is 0.326 e. The molecule has 440 valence electrons. The minimum atomic E-state index is -1.57. The number of likely N-dealkylation sites (tertiary alicyclic amines) is 1. The third kappa shape index (κ3) is 18.0. The van der Waals surface area contributed by atoms with Crippen LogP contribution >= 0.6 is 0 Å². The number of fused-ring (bicyclic) bond motifs is 1. The molecule has 1 aliphatic rings. The summed E-state index contributed by atoms with van der Waals surface area (Å²) in [5.41, 5.74) is 18.7. The number of amides is 8. The number of aromatic nitrogens is 3. The molecule has 0 bridgehead atoms.